The molecule has 10 rings (SSSR count). The molecule has 8 aromatic carbocycles. The summed E-state index contributed by atoms with van der Waals surface area (Å²) in [6.45, 7) is 0. The van der Waals surface area contributed by atoms with Gasteiger partial charge in [0.25, 0.3) is 0 Å². The third-order valence-electron chi connectivity index (χ3n) is 9.70. The van der Waals surface area contributed by atoms with E-state index in [4.69, 9.17) is 19.4 Å². The Balaban J connectivity index is 1.20. The fourth-order valence-corrected chi connectivity index (χ4v) is 7.21. The van der Waals surface area contributed by atoms with Crippen LogP contribution in [-0.4, -0.2) is 15.0 Å². The average molecular weight is 651 g/mol. The van der Waals surface area contributed by atoms with Gasteiger partial charge in [-0.15, -0.1) is 0 Å². The molecule has 5 nitrogen and oxygen atoms in total. The molecule has 0 N–H and O–H groups in total. The van der Waals surface area contributed by atoms with Gasteiger partial charge in [-0.1, -0.05) is 121 Å². The fraction of sp³-hybridized carbons (Fsp3) is 0. The Morgan fingerprint density at radius 3 is 1.69 bits per heavy atom. The minimum atomic E-state index is 0.600. The molecular formula is C46H26N4O. The first-order chi connectivity index (χ1) is 25.2. The van der Waals surface area contributed by atoms with Crippen molar-refractivity contribution < 1.29 is 4.42 Å². The van der Waals surface area contributed by atoms with Crippen molar-refractivity contribution in [1.82, 2.24) is 15.0 Å². The Bertz CT molecular complexity index is 2980. The number of furan rings is 1. The van der Waals surface area contributed by atoms with Gasteiger partial charge in [0.2, 0.25) is 0 Å². The quantitative estimate of drug-likeness (QED) is 0.177. The summed E-state index contributed by atoms with van der Waals surface area (Å²) < 4.78 is 6.70. The van der Waals surface area contributed by atoms with E-state index >= 15 is 0 Å². The zero-order chi connectivity index (χ0) is 33.9. The third-order valence-corrected chi connectivity index (χ3v) is 9.70. The lowest BCUT2D eigenvalue weighted by molar-refractivity contribution is 0.673. The number of para-hydroxylation sites is 1. The van der Waals surface area contributed by atoms with Crippen LogP contribution < -0.4 is 0 Å². The van der Waals surface area contributed by atoms with Crippen molar-refractivity contribution in [1.29, 1.82) is 5.26 Å². The molecule has 0 saturated carbocycles. The fourth-order valence-electron chi connectivity index (χ4n) is 7.21. The van der Waals surface area contributed by atoms with E-state index in [2.05, 4.69) is 72.8 Å². The first-order valence-corrected chi connectivity index (χ1v) is 16.8. The number of fused-ring (bicyclic) bond motifs is 9. The summed E-state index contributed by atoms with van der Waals surface area (Å²) in [5, 5.41) is 18.0. The zero-order valence-electron chi connectivity index (χ0n) is 27.2. The Hall–Kier alpha value is -7.16. The molecule has 0 radical (unpaired) electrons. The molecule has 5 heteroatoms. The highest BCUT2D eigenvalue weighted by molar-refractivity contribution is 6.30. The molecular weight excluding hydrogens is 625 g/mol. The molecule has 0 fully saturated rings. The standard InChI is InChI=1S/C46H26N4O/c47-27-28-15-16-32-24-33(18-17-31(32)23-28)34-19-21-36-37-22-20-35(26-40(37)43-42(39(36)25-34)38-13-7-8-14-41(38)51-43)46-49-44(29-9-3-1-4-10-29)48-45(50-46)30-11-5-2-6-12-30/h1-26H. The van der Waals surface area contributed by atoms with E-state index in [9.17, 15) is 5.26 Å². The van der Waals surface area contributed by atoms with Crippen LogP contribution in [0.15, 0.2) is 162 Å². The summed E-state index contributed by atoms with van der Waals surface area (Å²) in [6.07, 6.45) is 0. The van der Waals surface area contributed by atoms with Gasteiger partial charge in [-0.25, -0.2) is 15.0 Å². The van der Waals surface area contributed by atoms with Gasteiger partial charge in [0.05, 0.1) is 11.6 Å². The predicted molar refractivity (Wildman–Crippen MR) is 206 cm³/mol. The summed E-state index contributed by atoms with van der Waals surface area (Å²) in [7, 11) is 0. The molecule has 51 heavy (non-hydrogen) atoms. The highest BCUT2D eigenvalue weighted by atomic mass is 16.3. The zero-order valence-corrected chi connectivity index (χ0v) is 27.2. The van der Waals surface area contributed by atoms with Crippen LogP contribution in [0.3, 0.4) is 0 Å². The number of nitriles is 1. The monoisotopic (exact) mass is 650 g/mol. The average Bonchev–Trinajstić information content (AvgIpc) is 3.61. The van der Waals surface area contributed by atoms with Crippen molar-refractivity contribution in [3.63, 3.8) is 0 Å². The van der Waals surface area contributed by atoms with E-state index in [0.717, 1.165) is 82.1 Å². The number of nitrogens with zero attached hydrogens (tertiary/aromatic N) is 4. The molecule has 2 aromatic heterocycles. The Labute approximate surface area is 292 Å². The maximum absolute atomic E-state index is 9.36. The second kappa shape index (κ2) is 11.5. The highest BCUT2D eigenvalue weighted by Gasteiger charge is 2.19. The molecule has 0 atom stereocenters. The summed E-state index contributed by atoms with van der Waals surface area (Å²) in [4.78, 5) is 14.9. The number of hydrogen-bond donors (Lipinski definition) is 0. The highest BCUT2D eigenvalue weighted by Crippen LogP contribution is 2.43. The molecule has 0 bridgehead atoms. The van der Waals surface area contributed by atoms with Gasteiger partial charge in [0.1, 0.15) is 11.2 Å². The summed E-state index contributed by atoms with van der Waals surface area (Å²) in [6, 6.07) is 55.9. The lowest BCUT2D eigenvalue weighted by Gasteiger charge is -2.12. The van der Waals surface area contributed by atoms with Gasteiger partial charge in [0, 0.05) is 32.8 Å². The number of benzene rings is 8. The first kappa shape index (κ1) is 28.8. The van der Waals surface area contributed by atoms with E-state index in [1.165, 1.54) is 0 Å². The van der Waals surface area contributed by atoms with E-state index in [1.54, 1.807) is 0 Å². The predicted octanol–water partition coefficient (Wildman–Crippen LogP) is 11.8. The van der Waals surface area contributed by atoms with Crippen molar-refractivity contribution in [2.75, 3.05) is 0 Å². The maximum Gasteiger partial charge on any atom is 0.164 e. The van der Waals surface area contributed by atoms with Crippen LogP contribution in [0.2, 0.25) is 0 Å². The minimum absolute atomic E-state index is 0.600. The van der Waals surface area contributed by atoms with Gasteiger partial charge >= 0.3 is 0 Å². The molecule has 0 aliphatic heterocycles. The Morgan fingerprint density at radius 1 is 0.412 bits per heavy atom. The van der Waals surface area contributed by atoms with Crippen LogP contribution in [0.1, 0.15) is 5.56 Å². The van der Waals surface area contributed by atoms with Crippen LogP contribution in [-0.2, 0) is 0 Å². The maximum atomic E-state index is 9.36. The SMILES string of the molecule is N#Cc1ccc2cc(-c3ccc4c5ccc(-c6nc(-c7ccccc7)nc(-c7ccccc7)n6)cc5c5oc6ccccc6c5c4c3)ccc2c1. The topological polar surface area (TPSA) is 75.6 Å². The van der Waals surface area contributed by atoms with Gasteiger partial charge in [-0.3, -0.25) is 0 Å². The van der Waals surface area contributed by atoms with Crippen LogP contribution in [0.5, 0.6) is 0 Å². The second-order valence-electron chi connectivity index (χ2n) is 12.7. The van der Waals surface area contributed by atoms with Crippen molar-refractivity contribution in [2.24, 2.45) is 0 Å². The smallest absolute Gasteiger partial charge is 0.164 e. The first-order valence-electron chi connectivity index (χ1n) is 16.8. The molecule has 236 valence electrons. The Morgan fingerprint density at radius 2 is 0.961 bits per heavy atom. The summed E-state index contributed by atoms with van der Waals surface area (Å²) >= 11 is 0. The molecule has 0 aliphatic rings. The molecule has 0 aliphatic carbocycles. The van der Waals surface area contributed by atoms with Gasteiger partial charge in [-0.05, 0) is 74.5 Å². The van der Waals surface area contributed by atoms with Crippen LogP contribution >= 0.6 is 0 Å². The van der Waals surface area contributed by atoms with Crippen molar-refractivity contribution in [3.8, 4) is 51.4 Å². The largest absolute Gasteiger partial charge is 0.455 e. The van der Waals surface area contributed by atoms with Crippen molar-refractivity contribution in [2.45, 2.75) is 0 Å². The Kier molecular flexibility index (Phi) is 6.48. The van der Waals surface area contributed by atoms with Crippen LogP contribution in [0.4, 0.5) is 0 Å². The van der Waals surface area contributed by atoms with Crippen molar-refractivity contribution >= 4 is 54.3 Å². The van der Waals surface area contributed by atoms with E-state index in [0.29, 0.717) is 23.0 Å². The molecule has 0 amide bonds. The number of rotatable bonds is 4. The normalized spacial score (nSPS) is 11.5. The van der Waals surface area contributed by atoms with Gasteiger partial charge < -0.3 is 4.42 Å². The molecule has 0 saturated heterocycles. The number of aromatic nitrogens is 3. The lowest BCUT2D eigenvalue weighted by atomic mass is 9.92. The second-order valence-corrected chi connectivity index (χ2v) is 12.7. The van der Waals surface area contributed by atoms with Crippen LogP contribution in [0.25, 0.3) is 99.5 Å². The van der Waals surface area contributed by atoms with E-state index in [1.807, 2.05) is 91.0 Å². The van der Waals surface area contributed by atoms with Gasteiger partial charge in [0.15, 0.2) is 17.5 Å². The van der Waals surface area contributed by atoms with Crippen molar-refractivity contribution in [3.05, 3.63) is 163 Å². The van der Waals surface area contributed by atoms with Gasteiger partial charge in [-0.2, -0.15) is 5.26 Å². The molecule has 0 unspecified atom stereocenters. The summed E-state index contributed by atoms with van der Waals surface area (Å²) in [5.41, 5.74) is 7.31. The minimum Gasteiger partial charge on any atom is -0.455 e. The molecule has 0 spiro atoms. The summed E-state index contributed by atoms with van der Waals surface area (Å²) in [5.74, 6) is 1.85. The van der Waals surface area contributed by atoms with E-state index in [-0.39, 0.29) is 0 Å². The molecule has 2 heterocycles. The molecule has 10 aromatic rings. The van der Waals surface area contributed by atoms with Crippen LogP contribution in [0, 0.1) is 11.3 Å². The number of hydrogen-bond acceptors (Lipinski definition) is 5. The lowest BCUT2D eigenvalue weighted by Crippen LogP contribution is -2.00. The van der Waals surface area contributed by atoms with E-state index < -0.39 is 0 Å². The third kappa shape index (κ3) is 4.81.